The third-order valence-corrected chi connectivity index (χ3v) is 6.52. The van der Waals surface area contributed by atoms with Gasteiger partial charge in [-0.15, -0.1) is 6.42 Å². The second kappa shape index (κ2) is 7.74. The number of rotatable bonds is 4. The molecule has 3 rings (SSSR count). The van der Waals surface area contributed by atoms with Crippen molar-refractivity contribution in [3.63, 3.8) is 0 Å². The molecule has 1 aromatic heterocycles. The number of carbonyl (C=O) groups excluding carboxylic acids is 1. The van der Waals surface area contributed by atoms with Crippen LogP contribution in [-0.4, -0.2) is 25.1 Å². The summed E-state index contributed by atoms with van der Waals surface area (Å²) in [6.45, 7) is 4.55. The Hall–Kier alpha value is -2.69. The fraction of sp³-hybridized carbons (Fsp3) is 0.238. The lowest BCUT2D eigenvalue weighted by atomic mass is 10.0. The molecule has 0 unspecified atom stereocenters. The van der Waals surface area contributed by atoms with Gasteiger partial charge in [-0.25, -0.2) is 8.42 Å². The van der Waals surface area contributed by atoms with E-state index >= 15 is 0 Å². The zero-order valence-electron chi connectivity index (χ0n) is 15.8. The highest BCUT2D eigenvalue weighted by Gasteiger charge is 2.12. The minimum Gasteiger partial charge on any atom is -0.305 e. The number of hydrogen-bond donors (Lipinski definition) is 0. The van der Waals surface area contributed by atoms with E-state index in [-0.39, 0.29) is 4.90 Å². The summed E-state index contributed by atoms with van der Waals surface area (Å²) >= 11 is 1.41. The molecule has 0 spiro atoms. The second-order valence-corrected chi connectivity index (χ2v) is 9.80. The Bertz CT molecular complexity index is 1260. The van der Waals surface area contributed by atoms with Crippen LogP contribution in [0, 0.1) is 12.3 Å². The van der Waals surface area contributed by atoms with E-state index in [0.717, 1.165) is 16.5 Å². The van der Waals surface area contributed by atoms with Crippen LogP contribution >= 0.6 is 11.3 Å². The molecular weight excluding hydrogens is 392 g/mol. The van der Waals surface area contributed by atoms with Crippen LogP contribution in [0.2, 0.25) is 0 Å². The molecule has 1 amide bonds. The van der Waals surface area contributed by atoms with E-state index in [2.05, 4.69) is 36.9 Å². The van der Waals surface area contributed by atoms with Crippen LogP contribution in [0.3, 0.4) is 0 Å². The normalized spacial score (nSPS) is 12.5. The highest BCUT2D eigenvalue weighted by atomic mass is 32.2. The average Bonchev–Trinajstić information content (AvgIpc) is 2.98. The van der Waals surface area contributed by atoms with Gasteiger partial charge in [0.2, 0.25) is 0 Å². The Morgan fingerprint density at radius 1 is 1.21 bits per heavy atom. The molecule has 0 aliphatic heterocycles. The Labute approximate surface area is 168 Å². The number of carbonyl (C=O) groups is 1. The zero-order valence-corrected chi connectivity index (χ0v) is 17.5. The minimum absolute atomic E-state index is 0.162. The monoisotopic (exact) mass is 412 g/mol. The Kier molecular flexibility index (Phi) is 5.54. The third-order valence-electron chi connectivity index (χ3n) is 4.35. The Balaban J connectivity index is 2.08. The predicted molar refractivity (Wildman–Crippen MR) is 112 cm³/mol. The Morgan fingerprint density at radius 3 is 2.46 bits per heavy atom. The van der Waals surface area contributed by atoms with E-state index in [4.69, 9.17) is 6.42 Å². The van der Waals surface area contributed by atoms with Crippen LogP contribution in [0.4, 0.5) is 0 Å². The number of thiazole rings is 1. The first-order valence-corrected chi connectivity index (χ1v) is 11.4. The van der Waals surface area contributed by atoms with Crippen molar-refractivity contribution in [3.8, 4) is 12.3 Å². The molecule has 7 heteroatoms. The number of aromatic nitrogens is 1. The quantitative estimate of drug-likeness (QED) is 0.615. The molecule has 0 N–H and O–H groups in total. The first-order valence-electron chi connectivity index (χ1n) is 8.66. The summed E-state index contributed by atoms with van der Waals surface area (Å²) in [6.07, 6.45) is 6.63. The van der Waals surface area contributed by atoms with E-state index in [0.29, 0.717) is 22.8 Å². The van der Waals surface area contributed by atoms with Gasteiger partial charge in [0.25, 0.3) is 5.91 Å². The van der Waals surface area contributed by atoms with Crippen LogP contribution in [0.1, 0.15) is 35.7 Å². The van der Waals surface area contributed by atoms with Gasteiger partial charge in [0, 0.05) is 11.8 Å². The van der Waals surface area contributed by atoms with Crippen LogP contribution in [-0.2, 0) is 16.4 Å². The molecule has 2 aromatic carbocycles. The van der Waals surface area contributed by atoms with Gasteiger partial charge in [-0.2, -0.15) is 4.99 Å². The SMILES string of the molecule is C#CCn1c(=NC(=O)c2ccc(S(C)(=O)=O)cc2)sc2cc(C(C)C)ccc21. The molecule has 0 saturated heterocycles. The van der Waals surface area contributed by atoms with Crippen molar-refractivity contribution in [3.05, 3.63) is 58.4 Å². The number of amides is 1. The van der Waals surface area contributed by atoms with Gasteiger partial charge in [-0.05, 0) is 47.9 Å². The van der Waals surface area contributed by atoms with Crippen molar-refractivity contribution in [1.82, 2.24) is 4.57 Å². The largest absolute Gasteiger partial charge is 0.305 e. The van der Waals surface area contributed by atoms with E-state index in [9.17, 15) is 13.2 Å². The molecule has 0 radical (unpaired) electrons. The highest BCUT2D eigenvalue weighted by Crippen LogP contribution is 2.23. The molecule has 3 aromatic rings. The summed E-state index contributed by atoms with van der Waals surface area (Å²) in [5.74, 6) is 2.56. The summed E-state index contributed by atoms with van der Waals surface area (Å²) in [6, 6.07) is 11.9. The summed E-state index contributed by atoms with van der Waals surface area (Å²) < 4.78 is 26.0. The van der Waals surface area contributed by atoms with Crippen molar-refractivity contribution in [2.45, 2.75) is 31.2 Å². The first-order chi connectivity index (χ1) is 13.2. The summed E-state index contributed by atoms with van der Waals surface area (Å²) in [7, 11) is -3.31. The topological polar surface area (TPSA) is 68.5 Å². The average molecular weight is 413 g/mol. The van der Waals surface area contributed by atoms with Crippen LogP contribution < -0.4 is 4.80 Å². The lowest BCUT2D eigenvalue weighted by Gasteiger charge is -2.05. The summed E-state index contributed by atoms with van der Waals surface area (Å²) in [5.41, 5.74) is 2.46. The summed E-state index contributed by atoms with van der Waals surface area (Å²) in [5, 5.41) is 0. The Morgan fingerprint density at radius 2 is 1.89 bits per heavy atom. The highest BCUT2D eigenvalue weighted by molar-refractivity contribution is 7.90. The van der Waals surface area contributed by atoms with Gasteiger partial charge in [0.15, 0.2) is 14.6 Å². The van der Waals surface area contributed by atoms with Crippen molar-refractivity contribution in [1.29, 1.82) is 0 Å². The molecule has 1 heterocycles. The zero-order chi connectivity index (χ0) is 20.5. The predicted octanol–water partition coefficient (Wildman–Crippen LogP) is 3.60. The van der Waals surface area contributed by atoms with Gasteiger partial charge in [-0.3, -0.25) is 4.79 Å². The molecule has 0 atom stereocenters. The van der Waals surface area contributed by atoms with E-state index in [1.807, 2.05) is 10.6 Å². The molecule has 28 heavy (non-hydrogen) atoms. The van der Waals surface area contributed by atoms with E-state index < -0.39 is 15.7 Å². The number of benzene rings is 2. The molecule has 0 fully saturated rings. The van der Waals surface area contributed by atoms with Crippen molar-refractivity contribution < 1.29 is 13.2 Å². The number of sulfone groups is 1. The lowest BCUT2D eigenvalue weighted by molar-refractivity contribution is 0.0998. The molecule has 5 nitrogen and oxygen atoms in total. The van der Waals surface area contributed by atoms with Gasteiger partial charge in [0.05, 0.1) is 21.7 Å². The van der Waals surface area contributed by atoms with Gasteiger partial charge in [-0.1, -0.05) is 37.2 Å². The standard InChI is InChI=1S/C21H20N2O3S2/c1-5-12-23-18-11-8-16(14(2)3)13-19(18)27-21(23)22-20(24)15-6-9-17(10-7-15)28(4,25)26/h1,6-11,13-14H,12H2,2-4H3. The number of hydrogen-bond acceptors (Lipinski definition) is 4. The van der Waals surface area contributed by atoms with Gasteiger partial charge >= 0.3 is 0 Å². The molecule has 0 saturated carbocycles. The maximum absolute atomic E-state index is 12.6. The van der Waals surface area contributed by atoms with Gasteiger partial charge in [0.1, 0.15) is 0 Å². The second-order valence-electron chi connectivity index (χ2n) is 6.77. The number of nitrogens with zero attached hydrogens (tertiary/aromatic N) is 2. The van der Waals surface area contributed by atoms with Crippen molar-refractivity contribution >= 4 is 37.3 Å². The maximum Gasteiger partial charge on any atom is 0.279 e. The van der Waals surface area contributed by atoms with E-state index in [1.165, 1.54) is 41.2 Å². The maximum atomic E-state index is 12.6. The van der Waals surface area contributed by atoms with Crippen LogP contribution in [0.25, 0.3) is 10.2 Å². The van der Waals surface area contributed by atoms with Crippen molar-refractivity contribution in [2.24, 2.45) is 4.99 Å². The molecule has 0 bridgehead atoms. The molecule has 144 valence electrons. The van der Waals surface area contributed by atoms with Crippen LogP contribution in [0.15, 0.2) is 52.4 Å². The van der Waals surface area contributed by atoms with Crippen LogP contribution in [0.5, 0.6) is 0 Å². The fourth-order valence-electron chi connectivity index (χ4n) is 2.77. The van der Waals surface area contributed by atoms with E-state index in [1.54, 1.807) is 0 Å². The number of terminal acetylenes is 1. The fourth-order valence-corrected chi connectivity index (χ4v) is 4.48. The van der Waals surface area contributed by atoms with Crippen molar-refractivity contribution in [2.75, 3.05) is 6.26 Å². The minimum atomic E-state index is -3.31. The first kappa shape index (κ1) is 20.1. The summed E-state index contributed by atoms with van der Waals surface area (Å²) in [4.78, 5) is 17.5. The lowest BCUT2D eigenvalue weighted by Crippen LogP contribution is -2.16. The van der Waals surface area contributed by atoms with Gasteiger partial charge < -0.3 is 4.57 Å². The third kappa shape index (κ3) is 4.08. The molecule has 0 aliphatic rings. The number of fused-ring (bicyclic) bond motifs is 1. The molecular formula is C21H20N2O3S2. The molecule has 0 aliphatic carbocycles. The smallest absolute Gasteiger partial charge is 0.279 e.